The molecule has 0 radical (unpaired) electrons. The number of hydrogen-bond acceptors (Lipinski definition) is 3. The van der Waals surface area contributed by atoms with Crippen LogP contribution in [0.3, 0.4) is 0 Å². The maximum absolute atomic E-state index is 10.4. The van der Waals surface area contributed by atoms with Crippen LogP contribution in [0.5, 0.6) is 0 Å². The van der Waals surface area contributed by atoms with Gasteiger partial charge in [0.25, 0.3) is 6.71 Å². The molecule has 0 atom stereocenters. The van der Waals surface area contributed by atoms with E-state index >= 15 is 0 Å². The Kier molecular flexibility index (Phi) is 13.8. The molecule has 2 aliphatic rings. The zero-order valence-electron chi connectivity index (χ0n) is 53.5. The van der Waals surface area contributed by atoms with Crippen LogP contribution in [0.1, 0.15) is 58.2 Å². The van der Waals surface area contributed by atoms with Crippen molar-refractivity contribution < 1.29 is 0 Å². The van der Waals surface area contributed by atoms with Gasteiger partial charge < -0.3 is 14.4 Å². The second kappa shape index (κ2) is 22.6. The molecule has 0 unspecified atom stereocenters. The number of aromatic nitrogens is 1. The highest BCUT2D eigenvalue weighted by Gasteiger charge is 2.46. The number of fused-ring (bicyclic) bond motifs is 7. The van der Waals surface area contributed by atoms with Crippen molar-refractivity contribution in [2.45, 2.75) is 52.4 Å². The highest BCUT2D eigenvalue weighted by atomic mass is 15.2. The van der Waals surface area contributed by atoms with Gasteiger partial charge >= 0.3 is 0 Å². The summed E-state index contributed by atoms with van der Waals surface area (Å²) in [5.74, 6) is 0. The van der Waals surface area contributed by atoms with Gasteiger partial charge in [-0.25, -0.2) is 4.85 Å². The fraction of sp³-hybridized carbons (Fsp3) is 0.0909. The molecule has 0 saturated carbocycles. The Hall–Kier alpha value is -11.7. The van der Waals surface area contributed by atoms with Crippen LogP contribution >= 0.6 is 0 Å². The lowest BCUT2D eigenvalue weighted by Gasteiger charge is -2.46. The predicted molar refractivity (Wildman–Crippen MR) is 396 cm³/mol. The molecule has 6 heteroatoms. The molecule has 0 N–H and O–H groups in total. The summed E-state index contributed by atoms with van der Waals surface area (Å²) in [6.45, 7) is 21.8. The minimum Gasteiger partial charge on any atom is -0.310 e. The molecule has 14 aromatic rings. The summed E-state index contributed by atoms with van der Waals surface area (Å²) in [6, 6.07) is 109. The van der Waals surface area contributed by atoms with Crippen LogP contribution in [0.2, 0.25) is 0 Å². The van der Waals surface area contributed by atoms with Crippen LogP contribution in [0.15, 0.2) is 291 Å². The van der Waals surface area contributed by atoms with E-state index in [1.54, 1.807) is 0 Å². The first-order valence-corrected chi connectivity index (χ1v) is 32.4. The van der Waals surface area contributed by atoms with Gasteiger partial charge in [0.15, 0.2) is 5.69 Å². The van der Waals surface area contributed by atoms with Crippen molar-refractivity contribution >= 4 is 84.7 Å². The van der Waals surface area contributed by atoms with Crippen LogP contribution in [-0.2, 0) is 10.8 Å². The largest absolute Gasteiger partial charge is 0.310 e. The van der Waals surface area contributed by atoms with Crippen LogP contribution < -0.4 is 26.2 Å². The van der Waals surface area contributed by atoms with Crippen molar-refractivity contribution in [3.05, 3.63) is 319 Å². The quantitative estimate of drug-likeness (QED) is 0.107. The van der Waals surface area contributed by atoms with Gasteiger partial charge in [-0.05, 0) is 162 Å². The van der Waals surface area contributed by atoms with Gasteiger partial charge in [-0.2, -0.15) is 5.26 Å². The molecule has 13 aromatic carbocycles. The van der Waals surface area contributed by atoms with E-state index in [1.807, 2.05) is 36.4 Å². The fourth-order valence-corrected chi connectivity index (χ4v) is 14.6. The summed E-state index contributed by atoms with van der Waals surface area (Å²) in [6.07, 6.45) is 0. The first-order chi connectivity index (χ1) is 45.8. The second-order valence-electron chi connectivity index (χ2n) is 27.1. The van der Waals surface area contributed by atoms with Crippen molar-refractivity contribution in [1.29, 1.82) is 5.26 Å². The Labute approximate surface area is 551 Å². The van der Waals surface area contributed by atoms with Gasteiger partial charge in [-0.15, -0.1) is 0 Å². The summed E-state index contributed by atoms with van der Waals surface area (Å²) >= 11 is 0. The first kappa shape index (κ1) is 57.5. The summed E-state index contributed by atoms with van der Waals surface area (Å²) in [5.41, 5.74) is 29.0. The molecule has 3 heterocycles. The van der Waals surface area contributed by atoms with E-state index in [0.29, 0.717) is 11.3 Å². The molecule has 0 spiro atoms. The molecule has 1 aromatic heterocycles. The number of benzene rings is 13. The fourth-order valence-electron chi connectivity index (χ4n) is 14.6. The summed E-state index contributed by atoms with van der Waals surface area (Å²) in [4.78, 5) is 9.21. The topological polar surface area (TPSA) is 39.6 Å². The van der Waals surface area contributed by atoms with Gasteiger partial charge in [0.1, 0.15) is 0 Å². The van der Waals surface area contributed by atoms with Crippen molar-refractivity contribution in [2.75, 3.05) is 9.80 Å². The Balaban J connectivity index is 1.14. The molecule has 16 rings (SSSR count). The van der Waals surface area contributed by atoms with Gasteiger partial charge in [0.05, 0.1) is 46.3 Å². The number of nitriles is 1. The number of hydrogen-bond donors (Lipinski definition) is 0. The second-order valence-corrected chi connectivity index (χ2v) is 27.1. The first-order valence-electron chi connectivity index (χ1n) is 32.4. The predicted octanol–water partition coefficient (Wildman–Crippen LogP) is 21.9. The van der Waals surface area contributed by atoms with Crippen molar-refractivity contribution in [1.82, 2.24) is 4.57 Å². The third kappa shape index (κ3) is 9.69. The van der Waals surface area contributed by atoms with Crippen molar-refractivity contribution in [3.8, 4) is 78.5 Å². The Morgan fingerprint density at radius 2 is 0.734 bits per heavy atom. The van der Waals surface area contributed by atoms with E-state index in [9.17, 15) is 5.26 Å². The highest BCUT2D eigenvalue weighted by molar-refractivity contribution is 7.00. The van der Waals surface area contributed by atoms with Crippen LogP contribution in [-0.4, -0.2) is 11.3 Å². The molecule has 0 fully saturated rings. The lowest BCUT2D eigenvalue weighted by Crippen LogP contribution is -2.61. The van der Waals surface area contributed by atoms with E-state index in [2.05, 4.69) is 322 Å². The van der Waals surface area contributed by atoms with Crippen molar-refractivity contribution in [3.63, 3.8) is 0 Å². The van der Waals surface area contributed by atoms with E-state index < -0.39 is 0 Å². The minimum atomic E-state index is -0.304. The molecular formula is C88H66BN5. The Bertz CT molecular complexity index is 4970. The Morgan fingerprint density at radius 1 is 0.362 bits per heavy atom. The summed E-state index contributed by atoms with van der Waals surface area (Å²) < 4.78 is 2.49. The van der Waals surface area contributed by atoms with Crippen LogP contribution in [0, 0.1) is 17.9 Å². The number of anilines is 6. The molecule has 0 bridgehead atoms. The molecule has 5 nitrogen and oxygen atoms in total. The smallest absolute Gasteiger partial charge is 0.252 e. The molecule has 446 valence electrons. The zero-order valence-corrected chi connectivity index (χ0v) is 53.5. The minimum absolute atomic E-state index is 0.221. The lowest BCUT2D eigenvalue weighted by molar-refractivity contribution is 0.590. The Morgan fingerprint density at radius 3 is 1.14 bits per heavy atom. The average Bonchev–Trinajstić information content (AvgIpc) is 0.744. The monoisotopic (exact) mass is 1200 g/mol. The number of para-hydroxylation sites is 2. The van der Waals surface area contributed by atoms with Crippen molar-refractivity contribution in [2.24, 2.45) is 0 Å². The zero-order chi connectivity index (χ0) is 64.0. The SMILES string of the molecule is [C-]#[N+]c1cccc(-c2ccc3c(c2)N(c2c(-c4ccccc4)cc(C(C)(C)C)cc2-c2ccccc2)c2cc(-n4c5ccccc5c5ccccc54)cc4c2B3c2ccc(-c3cccc(C#N)c3)cc2N4c2c(-c3ccccc3)cc(C(C)(C)C)cc2-c2ccccc2)c1. The lowest BCUT2D eigenvalue weighted by atomic mass is 9.33. The van der Waals surface area contributed by atoms with E-state index in [4.69, 9.17) is 6.57 Å². The maximum Gasteiger partial charge on any atom is 0.252 e. The van der Waals surface area contributed by atoms with Gasteiger partial charge in [0.2, 0.25) is 0 Å². The van der Waals surface area contributed by atoms with Gasteiger partial charge in [-0.3, -0.25) is 0 Å². The maximum atomic E-state index is 10.4. The van der Waals surface area contributed by atoms with Crippen LogP contribution in [0.25, 0.3) is 99.1 Å². The highest BCUT2D eigenvalue weighted by Crippen LogP contribution is 2.55. The number of nitrogens with zero attached hydrogens (tertiary/aromatic N) is 5. The van der Waals surface area contributed by atoms with E-state index in [0.717, 1.165) is 129 Å². The third-order valence-corrected chi connectivity index (χ3v) is 19.3. The summed E-state index contributed by atoms with van der Waals surface area (Å²) in [7, 11) is 0. The molecule has 2 aliphatic heterocycles. The molecule has 0 aliphatic carbocycles. The normalized spacial score (nSPS) is 12.5. The molecular weight excluding hydrogens is 1140 g/mol. The third-order valence-electron chi connectivity index (χ3n) is 19.3. The average molecular weight is 1200 g/mol. The number of rotatable bonds is 9. The molecule has 0 amide bonds. The van der Waals surface area contributed by atoms with Crippen LogP contribution in [0.4, 0.5) is 39.8 Å². The standard InChI is InChI=1S/C88H66BN5/c1-87(2,3)66-50-72(58-27-12-8-13-28-58)85(73(51-66)59-29-14-9-15-30-59)93-80-48-64(62-35-24-26-57(46-62)56-90)42-44-76(80)89-77-45-43-65(63-36-25-37-68(47-63)91-7)49-81(77)94(83-55-69(54-82(93)84(83)89)92-78-40-22-20-38-70(78)71-39-21-23-41-79(71)92)86-74(60-31-16-10-17-32-60)52-67(88(4,5)6)53-75(86)61-33-18-11-19-34-61/h8-55H,1-6H3. The summed E-state index contributed by atoms with van der Waals surface area (Å²) in [5, 5.41) is 12.8. The molecule has 0 saturated heterocycles. The molecule has 94 heavy (non-hydrogen) atoms. The van der Waals surface area contributed by atoms with E-state index in [-0.39, 0.29) is 17.5 Å². The van der Waals surface area contributed by atoms with E-state index in [1.165, 1.54) is 27.4 Å². The van der Waals surface area contributed by atoms with Gasteiger partial charge in [-0.1, -0.05) is 254 Å². The van der Waals surface area contributed by atoms with Gasteiger partial charge in [0, 0.05) is 55.8 Å².